The van der Waals surface area contributed by atoms with Gasteiger partial charge in [-0.3, -0.25) is 4.90 Å². The lowest BCUT2D eigenvalue weighted by Gasteiger charge is -2.45. The summed E-state index contributed by atoms with van der Waals surface area (Å²) in [5, 5.41) is 0. The van der Waals surface area contributed by atoms with E-state index >= 15 is 0 Å². The van der Waals surface area contributed by atoms with E-state index in [1.165, 1.54) is 58.2 Å². The van der Waals surface area contributed by atoms with Crippen LogP contribution in [0.4, 0.5) is 0 Å². The highest BCUT2D eigenvalue weighted by Gasteiger charge is 2.67. The Bertz CT molecular complexity index is 469. The molecule has 0 aromatic rings. The molecule has 132 valence electrons. The minimum Gasteiger partial charge on any atom is -0.303 e. The first-order valence-electron chi connectivity index (χ1n) is 10.1. The smallest absolute Gasteiger partial charge is 0.0180 e. The van der Waals surface area contributed by atoms with Gasteiger partial charge in [-0.15, -0.1) is 0 Å². The second-order valence-corrected chi connectivity index (χ2v) is 11.5. The lowest BCUT2D eigenvalue weighted by Crippen LogP contribution is -2.51. The van der Waals surface area contributed by atoms with Gasteiger partial charge < -0.3 is 4.90 Å². The highest BCUT2D eigenvalue weighted by Crippen LogP contribution is 2.64. The van der Waals surface area contributed by atoms with Gasteiger partial charge in [-0.05, 0) is 83.2 Å². The second-order valence-electron chi connectivity index (χ2n) is 11.5. The average molecular weight is 319 g/mol. The van der Waals surface area contributed by atoms with E-state index in [9.17, 15) is 0 Å². The molecule has 2 saturated carbocycles. The summed E-state index contributed by atoms with van der Waals surface area (Å²) in [5.74, 6) is 0. The van der Waals surface area contributed by atoms with Gasteiger partial charge in [-0.25, -0.2) is 0 Å². The number of rotatable bonds is 2. The Morgan fingerprint density at radius 1 is 0.870 bits per heavy atom. The molecule has 2 saturated heterocycles. The molecule has 0 N–H and O–H groups in total. The van der Waals surface area contributed by atoms with Crippen LogP contribution in [0.3, 0.4) is 0 Å². The summed E-state index contributed by atoms with van der Waals surface area (Å²) in [6, 6.07) is 1.60. The number of fused-ring (bicyclic) bond motifs is 1. The molecule has 23 heavy (non-hydrogen) atoms. The van der Waals surface area contributed by atoms with Gasteiger partial charge in [0.05, 0.1) is 0 Å². The molecule has 2 heterocycles. The Morgan fingerprint density at radius 3 is 1.91 bits per heavy atom. The molecule has 1 spiro atoms. The molecule has 2 aliphatic carbocycles. The van der Waals surface area contributed by atoms with Crippen molar-refractivity contribution in [3.63, 3.8) is 0 Å². The van der Waals surface area contributed by atoms with Crippen LogP contribution in [0.5, 0.6) is 0 Å². The number of piperidine rings is 2. The van der Waals surface area contributed by atoms with E-state index in [0.717, 1.165) is 17.5 Å². The lowest BCUT2D eigenvalue weighted by molar-refractivity contribution is 0.0361. The van der Waals surface area contributed by atoms with Crippen molar-refractivity contribution >= 4 is 0 Å². The van der Waals surface area contributed by atoms with Crippen molar-refractivity contribution in [1.82, 2.24) is 9.80 Å². The monoisotopic (exact) mass is 318 g/mol. The van der Waals surface area contributed by atoms with Gasteiger partial charge >= 0.3 is 0 Å². The first kappa shape index (κ1) is 16.4. The van der Waals surface area contributed by atoms with Crippen LogP contribution in [0.15, 0.2) is 0 Å². The van der Waals surface area contributed by atoms with Gasteiger partial charge in [0.1, 0.15) is 0 Å². The fourth-order valence-corrected chi connectivity index (χ4v) is 5.84. The van der Waals surface area contributed by atoms with Crippen LogP contribution in [0, 0.1) is 16.2 Å². The first-order valence-corrected chi connectivity index (χ1v) is 10.1. The van der Waals surface area contributed by atoms with Crippen LogP contribution < -0.4 is 0 Å². The largest absolute Gasteiger partial charge is 0.303 e. The standard InChI is InChI=1S/C21H38N2/c1-18(2,3)16-13-21(14-17(21)23(16)19(4,5)6)15-22-11-9-20(7-8-20)10-12-22/h16-17H,7-15H2,1-6H3. The van der Waals surface area contributed by atoms with Crippen LogP contribution in [0.1, 0.15) is 80.1 Å². The SMILES string of the molecule is CC(C)(C)C1CC2(CN3CCC4(CC3)CC4)CC2N1C(C)(C)C. The van der Waals surface area contributed by atoms with Crippen molar-refractivity contribution in [2.75, 3.05) is 19.6 Å². The van der Waals surface area contributed by atoms with Gasteiger partial charge in [0.15, 0.2) is 0 Å². The van der Waals surface area contributed by atoms with Crippen LogP contribution in [0.25, 0.3) is 0 Å². The van der Waals surface area contributed by atoms with Crippen molar-refractivity contribution in [1.29, 1.82) is 0 Å². The molecule has 4 fully saturated rings. The zero-order valence-electron chi connectivity index (χ0n) is 16.4. The molecular formula is C21H38N2. The maximum Gasteiger partial charge on any atom is 0.0180 e. The predicted octanol–water partition coefficient (Wildman–Crippen LogP) is 4.54. The first-order chi connectivity index (χ1) is 10.5. The molecule has 2 heteroatoms. The van der Waals surface area contributed by atoms with E-state index in [2.05, 4.69) is 51.3 Å². The van der Waals surface area contributed by atoms with E-state index in [4.69, 9.17) is 0 Å². The van der Waals surface area contributed by atoms with E-state index in [1.54, 1.807) is 0 Å². The third kappa shape index (κ3) is 2.78. The Balaban J connectivity index is 1.46. The van der Waals surface area contributed by atoms with E-state index < -0.39 is 0 Å². The Morgan fingerprint density at radius 2 is 1.48 bits per heavy atom. The van der Waals surface area contributed by atoms with Crippen molar-refractivity contribution < 1.29 is 0 Å². The van der Waals surface area contributed by atoms with Gasteiger partial charge in [-0.2, -0.15) is 0 Å². The second kappa shape index (κ2) is 4.75. The Hall–Kier alpha value is -0.0800. The summed E-state index contributed by atoms with van der Waals surface area (Å²) >= 11 is 0. The molecule has 4 rings (SSSR count). The van der Waals surface area contributed by atoms with Gasteiger partial charge in [0, 0.05) is 29.6 Å². The van der Waals surface area contributed by atoms with Crippen molar-refractivity contribution in [3.05, 3.63) is 0 Å². The lowest BCUT2D eigenvalue weighted by atomic mass is 9.80. The van der Waals surface area contributed by atoms with Crippen molar-refractivity contribution in [2.45, 2.75) is 97.7 Å². The minimum atomic E-state index is 0.306. The molecule has 2 nitrogen and oxygen atoms in total. The summed E-state index contributed by atoms with van der Waals surface area (Å²) in [6.07, 6.45) is 8.91. The van der Waals surface area contributed by atoms with Crippen molar-refractivity contribution in [3.8, 4) is 0 Å². The fourth-order valence-electron chi connectivity index (χ4n) is 5.84. The minimum absolute atomic E-state index is 0.306. The van der Waals surface area contributed by atoms with Crippen LogP contribution in [-0.4, -0.2) is 47.1 Å². The Kier molecular flexibility index (Phi) is 3.39. The molecule has 4 aliphatic rings. The molecule has 3 atom stereocenters. The zero-order valence-corrected chi connectivity index (χ0v) is 16.4. The van der Waals surface area contributed by atoms with Gasteiger partial charge in [0.25, 0.3) is 0 Å². The molecule has 0 bridgehead atoms. The third-order valence-corrected chi connectivity index (χ3v) is 7.60. The van der Waals surface area contributed by atoms with Gasteiger partial charge in [0.2, 0.25) is 0 Å². The fraction of sp³-hybridized carbons (Fsp3) is 1.00. The molecule has 0 amide bonds. The van der Waals surface area contributed by atoms with Crippen LogP contribution in [0.2, 0.25) is 0 Å². The molecule has 0 aromatic heterocycles. The summed E-state index contributed by atoms with van der Waals surface area (Å²) in [7, 11) is 0. The third-order valence-electron chi connectivity index (χ3n) is 7.60. The highest BCUT2D eigenvalue weighted by atomic mass is 15.3. The quantitative estimate of drug-likeness (QED) is 0.737. The van der Waals surface area contributed by atoms with Gasteiger partial charge in [-0.1, -0.05) is 20.8 Å². The maximum atomic E-state index is 2.90. The molecule has 3 unspecified atom stereocenters. The Labute approximate surface area is 144 Å². The van der Waals surface area contributed by atoms with Crippen LogP contribution in [-0.2, 0) is 0 Å². The highest BCUT2D eigenvalue weighted by molar-refractivity contribution is 5.21. The molecule has 0 radical (unpaired) electrons. The number of likely N-dealkylation sites (tertiary alicyclic amines) is 2. The zero-order chi connectivity index (χ0) is 16.7. The van der Waals surface area contributed by atoms with Crippen LogP contribution >= 0.6 is 0 Å². The van der Waals surface area contributed by atoms with E-state index in [1.807, 2.05) is 0 Å². The van der Waals surface area contributed by atoms with E-state index in [0.29, 0.717) is 16.4 Å². The molecular weight excluding hydrogens is 280 g/mol. The summed E-state index contributed by atoms with van der Waals surface area (Å²) in [5.41, 5.74) is 2.14. The number of nitrogens with zero attached hydrogens (tertiary/aromatic N) is 2. The summed E-state index contributed by atoms with van der Waals surface area (Å²) in [6.45, 7) is 18.8. The predicted molar refractivity (Wildman–Crippen MR) is 97.6 cm³/mol. The molecule has 2 aliphatic heterocycles. The number of hydrogen-bond acceptors (Lipinski definition) is 2. The van der Waals surface area contributed by atoms with Crippen molar-refractivity contribution in [2.24, 2.45) is 16.2 Å². The summed E-state index contributed by atoms with van der Waals surface area (Å²) < 4.78 is 0. The normalized spacial score (nSPS) is 40.4. The van der Waals surface area contributed by atoms with E-state index in [-0.39, 0.29) is 0 Å². The number of hydrogen-bond donors (Lipinski definition) is 0. The average Bonchev–Trinajstić information content (AvgIpc) is 3.29. The summed E-state index contributed by atoms with van der Waals surface area (Å²) in [4.78, 5) is 5.73. The molecule has 0 aromatic carbocycles. The topological polar surface area (TPSA) is 6.48 Å². The maximum absolute atomic E-state index is 2.90.